The number of carbonyl (C=O) groups is 1. The van der Waals surface area contributed by atoms with Gasteiger partial charge in [0.05, 0.1) is 24.4 Å². The van der Waals surface area contributed by atoms with E-state index in [2.05, 4.69) is 4.98 Å². The Balaban J connectivity index is 2.46. The van der Waals surface area contributed by atoms with Crippen LogP contribution in [-0.4, -0.2) is 29.2 Å². The van der Waals surface area contributed by atoms with Crippen molar-refractivity contribution in [2.45, 2.75) is 6.92 Å². The zero-order valence-corrected chi connectivity index (χ0v) is 11.8. The molecule has 0 radical (unpaired) electrons. The Labute approximate surface area is 121 Å². The molecule has 0 spiro atoms. The van der Waals surface area contributed by atoms with Crippen LogP contribution in [0.1, 0.15) is 17.4 Å². The van der Waals surface area contributed by atoms with Gasteiger partial charge in [-0.1, -0.05) is 11.6 Å². The molecule has 1 aromatic heterocycles. The van der Waals surface area contributed by atoms with E-state index in [1.807, 2.05) is 0 Å². The van der Waals surface area contributed by atoms with Gasteiger partial charge in [0.25, 0.3) is 0 Å². The molecule has 0 amide bonds. The molecule has 0 atom stereocenters. The van der Waals surface area contributed by atoms with Crippen LogP contribution in [0.2, 0.25) is 5.02 Å². The van der Waals surface area contributed by atoms with Crippen molar-refractivity contribution in [3.05, 3.63) is 35.2 Å². The smallest absolute Gasteiger partial charge is 0.360 e. The highest BCUT2D eigenvalue weighted by Crippen LogP contribution is 2.28. The highest BCUT2D eigenvalue weighted by atomic mass is 35.5. The molecule has 20 heavy (non-hydrogen) atoms. The lowest BCUT2D eigenvalue weighted by molar-refractivity contribution is 0.0521. The van der Waals surface area contributed by atoms with Crippen molar-refractivity contribution in [2.24, 2.45) is 0 Å². The number of methoxy groups -OCH3 is 1. The molecule has 1 aromatic carbocycles. The maximum atomic E-state index is 11.7. The second kappa shape index (κ2) is 5.83. The molecule has 0 bridgehead atoms. The van der Waals surface area contributed by atoms with Gasteiger partial charge in [0.15, 0.2) is 5.69 Å². The Bertz CT molecular complexity index is 640. The van der Waals surface area contributed by atoms with Crippen LogP contribution in [0.3, 0.4) is 0 Å². The average Bonchev–Trinajstić information content (AvgIpc) is 2.81. The van der Waals surface area contributed by atoms with Crippen LogP contribution in [0, 0.1) is 0 Å². The number of hydrogen-bond donors (Lipinski definition) is 1. The second-order valence-corrected chi connectivity index (χ2v) is 4.29. The topological polar surface area (TPSA) is 79.4 Å². The molecule has 0 fully saturated rings. The lowest BCUT2D eigenvalue weighted by Crippen LogP contribution is -2.09. The van der Waals surface area contributed by atoms with Crippen LogP contribution in [0.25, 0.3) is 5.69 Å². The predicted molar refractivity (Wildman–Crippen MR) is 75.5 cm³/mol. The van der Waals surface area contributed by atoms with Crippen molar-refractivity contribution < 1.29 is 14.3 Å². The number of aromatic nitrogens is 2. The maximum absolute atomic E-state index is 11.7. The van der Waals surface area contributed by atoms with Crippen LogP contribution >= 0.6 is 11.6 Å². The number of nitrogens with two attached hydrogens (primary N) is 1. The minimum atomic E-state index is -0.567. The minimum Gasteiger partial charge on any atom is -0.497 e. The zero-order valence-electron chi connectivity index (χ0n) is 11.1. The number of ether oxygens (including phenoxy) is 2. The fourth-order valence-corrected chi connectivity index (χ4v) is 1.92. The van der Waals surface area contributed by atoms with E-state index in [0.717, 1.165) is 0 Å². The summed E-state index contributed by atoms with van der Waals surface area (Å²) in [7, 11) is 1.55. The highest BCUT2D eigenvalue weighted by molar-refractivity contribution is 6.32. The van der Waals surface area contributed by atoms with Crippen molar-refractivity contribution in [1.82, 2.24) is 9.55 Å². The Morgan fingerprint density at radius 2 is 2.25 bits per heavy atom. The predicted octanol–water partition coefficient (Wildman–Crippen LogP) is 2.29. The first-order valence-corrected chi connectivity index (χ1v) is 6.30. The SMILES string of the molecule is CCOC(=O)c1ncn(-c2cc(OC)ccc2Cl)c1N. The molecule has 0 saturated carbocycles. The number of nitrogens with zero attached hydrogens (tertiary/aromatic N) is 2. The average molecular weight is 296 g/mol. The van der Waals surface area contributed by atoms with Gasteiger partial charge in [-0.05, 0) is 19.1 Å². The van der Waals surface area contributed by atoms with E-state index in [9.17, 15) is 4.79 Å². The van der Waals surface area contributed by atoms with E-state index in [-0.39, 0.29) is 18.1 Å². The summed E-state index contributed by atoms with van der Waals surface area (Å²) in [5.41, 5.74) is 6.56. The Morgan fingerprint density at radius 1 is 1.50 bits per heavy atom. The number of imidazole rings is 1. The van der Waals surface area contributed by atoms with Gasteiger partial charge >= 0.3 is 5.97 Å². The first kappa shape index (κ1) is 14.2. The third-order valence-corrected chi connectivity index (χ3v) is 3.01. The number of halogens is 1. The van der Waals surface area contributed by atoms with E-state index < -0.39 is 5.97 Å². The van der Waals surface area contributed by atoms with Crippen LogP contribution < -0.4 is 10.5 Å². The molecule has 2 aromatic rings. The summed E-state index contributed by atoms with van der Waals surface area (Å²) in [6.45, 7) is 1.97. The van der Waals surface area contributed by atoms with Crippen LogP contribution in [0.5, 0.6) is 5.75 Å². The monoisotopic (exact) mass is 295 g/mol. The molecular formula is C13H14ClN3O3. The molecule has 0 aliphatic rings. The van der Waals surface area contributed by atoms with Crippen LogP contribution in [-0.2, 0) is 4.74 Å². The fourth-order valence-electron chi connectivity index (χ4n) is 1.71. The van der Waals surface area contributed by atoms with Crippen LogP contribution in [0.15, 0.2) is 24.5 Å². The van der Waals surface area contributed by atoms with E-state index in [0.29, 0.717) is 16.5 Å². The molecule has 2 rings (SSSR count). The summed E-state index contributed by atoms with van der Waals surface area (Å²) in [6.07, 6.45) is 1.42. The van der Waals surface area contributed by atoms with Gasteiger partial charge in [0, 0.05) is 6.07 Å². The third kappa shape index (κ3) is 2.55. The molecular weight excluding hydrogens is 282 g/mol. The maximum Gasteiger partial charge on any atom is 0.360 e. The van der Waals surface area contributed by atoms with E-state index in [1.165, 1.54) is 10.9 Å². The highest BCUT2D eigenvalue weighted by Gasteiger charge is 2.18. The van der Waals surface area contributed by atoms with Crippen LogP contribution in [0.4, 0.5) is 5.82 Å². The van der Waals surface area contributed by atoms with Gasteiger partial charge in [-0.15, -0.1) is 0 Å². The summed E-state index contributed by atoms with van der Waals surface area (Å²) in [4.78, 5) is 15.7. The minimum absolute atomic E-state index is 0.0609. The molecule has 2 N–H and O–H groups in total. The lowest BCUT2D eigenvalue weighted by atomic mass is 10.3. The van der Waals surface area contributed by atoms with E-state index >= 15 is 0 Å². The Hall–Kier alpha value is -2.21. The molecule has 1 heterocycles. The largest absolute Gasteiger partial charge is 0.497 e. The van der Waals surface area contributed by atoms with Gasteiger partial charge in [-0.3, -0.25) is 4.57 Å². The van der Waals surface area contributed by atoms with Crippen molar-refractivity contribution in [1.29, 1.82) is 0 Å². The molecule has 0 saturated heterocycles. The van der Waals surface area contributed by atoms with Gasteiger partial charge in [0.2, 0.25) is 0 Å². The lowest BCUT2D eigenvalue weighted by Gasteiger charge is -2.09. The number of benzene rings is 1. The summed E-state index contributed by atoms with van der Waals surface area (Å²) in [5.74, 6) is 0.219. The quantitative estimate of drug-likeness (QED) is 0.876. The van der Waals surface area contributed by atoms with Gasteiger partial charge < -0.3 is 15.2 Å². The number of nitrogen functional groups attached to an aromatic ring is 1. The molecule has 6 nitrogen and oxygen atoms in total. The Kier molecular flexibility index (Phi) is 4.14. The molecule has 7 heteroatoms. The first-order valence-electron chi connectivity index (χ1n) is 5.92. The molecule has 0 aliphatic heterocycles. The van der Waals surface area contributed by atoms with E-state index in [1.54, 1.807) is 32.2 Å². The van der Waals surface area contributed by atoms with Gasteiger partial charge in [0.1, 0.15) is 17.9 Å². The molecule has 106 valence electrons. The van der Waals surface area contributed by atoms with Crippen molar-refractivity contribution in [3.63, 3.8) is 0 Å². The van der Waals surface area contributed by atoms with Crippen molar-refractivity contribution >= 4 is 23.4 Å². The van der Waals surface area contributed by atoms with Crippen molar-refractivity contribution in [3.8, 4) is 11.4 Å². The van der Waals surface area contributed by atoms with E-state index in [4.69, 9.17) is 26.8 Å². The number of hydrogen-bond acceptors (Lipinski definition) is 5. The van der Waals surface area contributed by atoms with Gasteiger partial charge in [-0.2, -0.15) is 0 Å². The summed E-state index contributed by atoms with van der Waals surface area (Å²) in [6, 6.07) is 5.11. The summed E-state index contributed by atoms with van der Waals surface area (Å²) >= 11 is 6.13. The normalized spacial score (nSPS) is 10.3. The standard InChI is InChI=1S/C13H14ClN3O3/c1-3-20-13(18)11-12(15)17(7-16-11)10-6-8(19-2)4-5-9(10)14/h4-7H,3,15H2,1-2H3. The summed E-state index contributed by atoms with van der Waals surface area (Å²) < 4.78 is 11.5. The van der Waals surface area contributed by atoms with Gasteiger partial charge in [-0.25, -0.2) is 9.78 Å². The second-order valence-electron chi connectivity index (χ2n) is 3.89. The third-order valence-electron chi connectivity index (χ3n) is 2.69. The fraction of sp³-hybridized carbons (Fsp3) is 0.231. The zero-order chi connectivity index (χ0) is 14.7. The Morgan fingerprint density at radius 3 is 2.90 bits per heavy atom. The first-order chi connectivity index (χ1) is 9.58. The number of anilines is 1. The van der Waals surface area contributed by atoms with Crippen molar-refractivity contribution in [2.75, 3.05) is 19.5 Å². The number of carbonyl (C=O) groups excluding carboxylic acids is 1. The number of esters is 1. The molecule has 0 aliphatic carbocycles. The summed E-state index contributed by atoms with van der Waals surface area (Å²) in [5, 5.41) is 0.463. The molecule has 0 unspecified atom stereocenters. The number of rotatable bonds is 4.